The van der Waals surface area contributed by atoms with Gasteiger partial charge in [-0.3, -0.25) is 4.79 Å². The largest absolute Gasteiger partial charge is 0.343 e. The molecule has 0 spiro atoms. The molecular weight excluding hydrogens is 416 g/mol. The van der Waals surface area contributed by atoms with Gasteiger partial charge in [0.25, 0.3) is 5.56 Å². The van der Waals surface area contributed by atoms with Gasteiger partial charge in [0.05, 0.1) is 6.54 Å². The monoisotopic (exact) mass is 450 g/mol. The van der Waals surface area contributed by atoms with Crippen LogP contribution >= 0.6 is 12.2 Å². The summed E-state index contributed by atoms with van der Waals surface area (Å²) >= 11 is 5.79. The zero-order chi connectivity index (χ0) is 23.1. The number of H-pyrrole nitrogens is 1. The summed E-state index contributed by atoms with van der Waals surface area (Å²) < 4.78 is 0. The fraction of sp³-hybridized carbons (Fsp3) is 0.385. The molecule has 1 aromatic heterocycles. The van der Waals surface area contributed by atoms with Crippen molar-refractivity contribution in [3.05, 3.63) is 75.6 Å². The van der Waals surface area contributed by atoms with E-state index in [9.17, 15) is 4.79 Å². The lowest BCUT2D eigenvalue weighted by Gasteiger charge is -2.29. The third-order valence-electron chi connectivity index (χ3n) is 5.92. The number of aromatic amines is 1. The van der Waals surface area contributed by atoms with Crippen molar-refractivity contribution in [2.45, 2.75) is 40.7 Å². The summed E-state index contributed by atoms with van der Waals surface area (Å²) in [6.45, 7) is 12.6. The van der Waals surface area contributed by atoms with E-state index in [0.717, 1.165) is 49.2 Å². The van der Waals surface area contributed by atoms with E-state index in [1.54, 1.807) is 0 Å². The molecule has 1 heterocycles. The normalized spacial score (nSPS) is 11.2. The van der Waals surface area contributed by atoms with Gasteiger partial charge in [-0.1, -0.05) is 44.5 Å². The zero-order valence-electron chi connectivity index (χ0n) is 19.6. The summed E-state index contributed by atoms with van der Waals surface area (Å²) in [5.41, 5.74) is 4.93. The first-order valence-corrected chi connectivity index (χ1v) is 11.8. The van der Waals surface area contributed by atoms with Gasteiger partial charge in [-0.05, 0) is 79.9 Å². The summed E-state index contributed by atoms with van der Waals surface area (Å²) in [5.74, 6) is 0. The van der Waals surface area contributed by atoms with Gasteiger partial charge in [0.15, 0.2) is 5.11 Å². The number of thiocarbonyl (C=S) groups is 1. The van der Waals surface area contributed by atoms with Crippen LogP contribution in [0.2, 0.25) is 0 Å². The highest BCUT2D eigenvalue weighted by Gasteiger charge is 2.15. The number of fused-ring (bicyclic) bond motifs is 1. The van der Waals surface area contributed by atoms with Crippen LogP contribution in [0.25, 0.3) is 10.9 Å². The van der Waals surface area contributed by atoms with Crippen molar-refractivity contribution in [2.24, 2.45) is 0 Å². The number of pyridine rings is 1. The van der Waals surface area contributed by atoms with Gasteiger partial charge in [0.2, 0.25) is 0 Å². The average Bonchev–Trinajstić information content (AvgIpc) is 2.79. The van der Waals surface area contributed by atoms with Crippen LogP contribution in [0, 0.1) is 6.92 Å². The van der Waals surface area contributed by atoms with Crippen LogP contribution in [0.15, 0.2) is 53.3 Å². The maximum atomic E-state index is 12.8. The lowest BCUT2D eigenvalue weighted by molar-refractivity contribution is 0.266. The predicted molar refractivity (Wildman–Crippen MR) is 140 cm³/mol. The highest BCUT2D eigenvalue weighted by atomic mass is 32.1. The molecule has 0 aliphatic rings. The Hall–Kier alpha value is -2.70. The first-order valence-electron chi connectivity index (χ1n) is 11.4. The highest BCUT2D eigenvalue weighted by Crippen LogP contribution is 2.16. The Morgan fingerprint density at radius 2 is 1.72 bits per heavy atom. The van der Waals surface area contributed by atoms with Crippen molar-refractivity contribution in [3.8, 4) is 0 Å². The van der Waals surface area contributed by atoms with Crippen LogP contribution in [0.1, 0.15) is 37.5 Å². The Labute approximate surface area is 196 Å². The molecule has 0 aliphatic carbocycles. The number of aromatic nitrogens is 1. The van der Waals surface area contributed by atoms with Crippen molar-refractivity contribution < 1.29 is 0 Å². The molecule has 3 rings (SSSR count). The lowest BCUT2D eigenvalue weighted by Crippen LogP contribution is -2.41. The Morgan fingerprint density at radius 3 is 2.38 bits per heavy atom. The molecule has 3 aromatic rings. The van der Waals surface area contributed by atoms with Gasteiger partial charge >= 0.3 is 0 Å². The van der Waals surface area contributed by atoms with Crippen molar-refractivity contribution in [2.75, 3.05) is 31.5 Å². The third-order valence-corrected chi connectivity index (χ3v) is 6.28. The van der Waals surface area contributed by atoms with Gasteiger partial charge < -0.3 is 20.1 Å². The molecule has 0 bridgehead atoms. The average molecular weight is 451 g/mol. The van der Waals surface area contributed by atoms with E-state index in [2.05, 4.69) is 78.1 Å². The molecule has 6 heteroatoms. The maximum Gasteiger partial charge on any atom is 0.253 e. The second-order valence-electron chi connectivity index (χ2n) is 8.14. The molecule has 2 N–H and O–H groups in total. The molecule has 32 heavy (non-hydrogen) atoms. The lowest BCUT2D eigenvalue weighted by atomic mass is 10.1. The van der Waals surface area contributed by atoms with Crippen LogP contribution in [0.3, 0.4) is 0 Å². The maximum absolute atomic E-state index is 12.8. The Balaban J connectivity index is 1.84. The molecule has 0 atom stereocenters. The Morgan fingerprint density at radius 1 is 1.00 bits per heavy atom. The summed E-state index contributed by atoms with van der Waals surface area (Å²) in [5, 5.41) is 5.03. The molecule has 0 fully saturated rings. The number of rotatable bonds is 9. The van der Waals surface area contributed by atoms with E-state index in [4.69, 9.17) is 12.2 Å². The van der Waals surface area contributed by atoms with Gasteiger partial charge in [-0.25, -0.2) is 0 Å². The summed E-state index contributed by atoms with van der Waals surface area (Å²) in [7, 11) is 0. The minimum absolute atomic E-state index is 0.0655. The van der Waals surface area contributed by atoms with Crippen molar-refractivity contribution in [1.29, 1.82) is 0 Å². The highest BCUT2D eigenvalue weighted by molar-refractivity contribution is 7.80. The van der Waals surface area contributed by atoms with E-state index >= 15 is 0 Å². The van der Waals surface area contributed by atoms with Gasteiger partial charge in [-0.15, -0.1) is 0 Å². The summed E-state index contributed by atoms with van der Waals surface area (Å²) in [6, 6.07) is 16.4. The Kier molecular flexibility index (Phi) is 8.42. The molecule has 0 unspecified atom stereocenters. The van der Waals surface area contributed by atoms with E-state index in [1.165, 1.54) is 11.1 Å². The first-order chi connectivity index (χ1) is 15.4. The Bertz CT molecular complexity index is 1100. The standard InChI is InChI=1S/C26H34N4OS/c1-5-20-9-11-23(12-10-20)27-26(32)30(15-14-29(6-2)7-3)18-22-17-21-16-19(4)8-13-24(21)28-25(22)31/h8-13,16-17H,5-7,14-15,18H2,1-4H3,(H,27,32)(H,28,31). The molecule has 0 amide bonds. The fourth-order valence-electron chi connectivity index (χ4n) is 3.78. The van der Waals surface area contributed by atoms with Crippen molar-refractivity contribution in [3.63, 3.8) is 0 Å². The topological polar surface area (TPSA) is 51.4 Å². The van der Waals surface area contributed by atoms with E-state index < -0.39 is 0 Å². The number of nitrogens with one attached hydrogen (secondary N) is 2. The molecule has 5 nitrogen and oxygen atoms in total. The van der Waals surface area contributed by atoms with Crippen LogP contribution in [0.5, 0.6) is 0 Å². The molecule has 0 saturated carbocycles. The number of anilines is 1. The fourth-order valence-corrected chi connectivity index (χ4v) is 4.05. The number of hydrogen-bond donors (Lipinski definition) is 2. The molecule has 0 saturated heterocycles. The number of benzene rings is 2. The minimum atomic E-state index is -0.0655. The van der Waals surface area contributed by atoms with Crippen LogP contribution in [-0.2, 0) is 13.0 Å². The van der Waals surface area contributed by atoms with E-state index in [0.29, 0.717) is 17.2 Å². The minimum Gasteiger partial charge on any atom is -0.343 e. The molecule has 0 aliphatic heterocycles. The van der Waals surface area contributed by atoms with Crippen LogP contribution in [-0.4, -0.2) is 46.1 Å². The van der Waals surface area contributed by atoms with Gasteiger partial charge in [-0.2, -0.15) is 0 Å². The van der Waals surface area contributed by atoms with Crippen molar-refractivity contribution in [1.82, 2.24) is 14.8 Å². The van der Waals surface area contributed by atoms with E-state index in [1.807, 2.05) is 18.2 Å². The summed E-state index contributed by atoms with van der Waals surface area (Å²) in [4.78, 5) is 20.3. The predicted octanol–water partition coefficient (Wildman–Crippen LogP) is 4.94. The van der Waals surface area contributed by atoms with Gasteiger partial charge in [0, 0.05) is 29.9 Å². The van der Waals surface area contributed by atoms with Crippen LogP contribution in [0.4, 0.5) is 5.69 Å². The second-order valence-corrected chi connectivity index (χ2v) is 8.53. The zero-order valence-corrected chi connectivity index (χ0v) is 20.4. The van der Waals surface area contributed by atoms with Gasteiger partial charge in [0.1, 0.15) is 0 Å². The quantitative estimate of drug-likeness (QED) is 0.452. The molecular formula is C26H34N4OS. The number of hydrogen-bond acceptors (Lipinski definition) is 3. The number of nitrogens with zero attached hydrogens (tertiary/aromatic N) is 2. The van der Waals surface area contributed by atoms with E-state index in [-0.39, 0.29) is 5.56 Å². The number of aryl methyl sites for hydroxylation is 2. The molecule has 0 radical (unpaired) electrons. The third kappa shape index (κ3) is 6.17. The van der Waals surface area contributed by atoms with Crippen molar-refractivity contribution >= 4 is 33.9 Å². The summed E-state index contributed by atoms with van der Waals surface area (Å²) in [6.07, 6.45) is 1.00. The van der Waals surface area contributed by atoms with Crippen LogP contribution < -0.4 is 10.9 Å². The SMILES string of the molecule is CCc1ccc(NC(=S)N(CCN(CC)CC)Cc2cc3cc(C)ccc3[nH]c2=O)cc1. The first kappa shape index (κ1) is 24.0. The number of likely N-dealkylation sites (N-methyl/N-ethyl adjacent to an activating group) is 1. The smallest absolute Gasteiger partial charge is 0.253 e. The molecule has 170 valence electrons. The second kappa shape index (κ2) is 11.2. The molecule has 2 aromatic carbocycles.